The number of benzene rings is 3. The minimum absolute atomic E-state index is 0.0160. The molecule has 0 aromatic heterocycles. The van der Waals surface area contributed by atoms with Gasteiger partial charge < -0.3 is 15.4 Å². The topological polar surface area (TPSA) is 73.9 Å². The first-order valence-electron chi connectivity index (χ1n) is 12.3. The van der Waals surface area contributed by atoms with Gasteiger partial charge in [-0.3, -0.25) is 19.4 Å². The number of methoxy groups -OCH3 is 1. The van der Waals surface area contributed by atoms with Crippen LogP contribution in [0, 0.1) is 13.8 Å². The number of para-hydroxylation sites is 1. The lowest BCUT2D eigenvalue weighted by Gasteiger charge is -2.38. The summed E-state index contributed by atoms with van der Waals surface area (Å²) in [7, 11) is 1.62. The van der Waals surface area contributed by atoms with E-state index in [9.17, 15) is 9.59 Å². The van der Waals surface area contributed by atoms with Gasteiger partial charge in [0.15, 0.2) is 0 Å². The van der Waals surface area contributed by atoms with Gasteiger partial charge in [0.1, 0.15) is 11.8 Å². The molecular weight excluding hydrogens is 452 g/mol. The van der Waals surface area contributed by atoms with E-state index in [2.05, 4.69) is 20.4 Å². The van der Waals surface area contributed by atoms with Crippen molar-refractivity contribution in [3.8, 4) is 5.75 Å². The fourth-order valence-electron chi connectivity index (χ4n) is 4.62. The zero-order valence-corrected chi connectivity index (χ0v) is 21.2. The maximum atomic E-state index is 13.4. The standard InChI is InChI=1S/C29H34N4O3/c1-21-8-7-9-22(2)27(21)31-26(34)20-32-16-18-33(19-17-32)28(23-10-5-4-6-11-23)29(35)30-24-12-14-25(36-3)15-13-24/h4-15,28H,16-20H2,1-3H3,(H,30,35)(H,31,34). The van der Waals surface area contributed by atoms with Crippen molar-refractivity contribution in [3.63, 3.8) is 0 Å². The minimum Gasteiger partial charge on any atom is -0.497 e. The van der Waals surface area contributed by atoms with Crippen LogP contribution < -0.4 is 15.4 Å². The van der Waals surface area contributed by atoms with Crippen LogP contribution in [0.2, 0.25) is 0 Å². The number of carbonyl (C=O) groups excluding carboxylic acids is 2. The van der Waals surface area contributed by atoms with E-state index >= 15 is 0 Å². The summed E-state index contributed by atoms with van der Waals surface area (Å²) in [5, 5.41) is 6.13. The highest BCUT2D eigenvalue weighted by Gasteiger charge is 2.31. The Balaban J connectivity index is 1.39. The predicted molar refractivity (Wildman–Crippen MR) is 143 cm³/mol. The number of aryl methyl sites for hydroxylation is 2. The zero-order chi connectivity index (χ0) is 25.5. The molecule has 1 unspecified atom stereocenters. The Morgan fingerprint density at radius 3 is 2.08 bits per heavy atom. The summed E-state index contributed by atoms with van der Waals surface area (Å²) in [4.78, 5) is 30.5. The highest BCUT2D eigenvalue weighted by molar-refractivity contribution is 5.96. The SMILES string of the molecule is COc1ccc(NC(=O)C(c2ccccc2)N2CCN(CC(=O)Nc3c(C)cccc3C)CC2)cc1. The molecule has 0 bridgehead atoms. The number of piperazine rings is 1. The van der Waals surface area contributed by atoms with Crippen molar-refractivity contribution in [2.24, 2.45) is 0 Å². The number of carbonyl (C=O) groups is 2. The van der Waals surface area contributed by atoms with E-state index in [4.69, 9.17) is 4.74 Å². The van der Waals surface area contributed by atoms with Crippen LogP contribution in [0.1, 0.15) is 22.7 Å². The van der Waals surface area contributed by atoms with Crippen LogP contribution in [0.4, 0.5) is 11.4 Å². The molecule has 0 aliphatic carbocycles. The molecule has 188 valence electrons. The molecule has 7 heteroatoms. The summed E-state index contributed by atoms with van der Waals surface area (Å²) in [6.45, 7) is 7.12. The monoisotopic (exact) mass is 486 g/mol. The largest absolute Gasteiger partial charge is 0.497 e. The van der Waals surface area contributed by atoms with Crippen LogP contribution in [0.25, 0.3) is 0 Å². The third-order valence-electron chi connectivity index (χ3n) is 6.61. The van der Waals surface area contributed by atoms with Gasteiger partial charge in [-0.25, -0.2) is 0 Å². The Kier molecular flexibility index (Phi) is 8.36. The molecule has 0 saturated carbocycles. The van der Waals surface area contributed by atoms with Crippen LogP contribution in [-0.4, -0.2) is 61.4 Å². The van der Waals surface area contributed by atoms with E-state index in [1.807, 2.05) is 86.6 Å². The first-order valence-corrected chi connectivity index (χ1v) is 12.3. The third kappa shape index (κ3) is 6.30. The molecule has 1 saturated heterocycles. The van der Waals surface area contributed by atoms with Crippen molar-refractivity contribution in [1.82, 2.24) is 9.80 Å². The van der Waals surface area contributed by atoms with Crippen molar-refractivity contribution < 1.29 is 14.3 Å². The minimum atomic E-state index is -0.418. The van der Waals surface area contributed by atoms with Gasteiger partial charge >= 0.3 is 0 Å². The molecule has 1 atom stereocenters. The van der Waals surface area contributed by atoms with E-state index in [-0.39, 0.29) is 11.8 Å². The molecule has 36 heavy (non-hydrogen) atoms. The van der Waals surface area contributed by atoms with Crippen LogP contribution >= 0.6 is 0 Å². The highest BCUT2D eigenvalue weighted by Crippen LogP contribution is 2.25. The van der Waals surface area contributed by atoms with E-state index in [0.717, 1.165) is 33.8 Å². The van der Waals surface area contributed by atoms with Crippen LogP contribution in [0.3, 0.4) is 0 Å². The number of ether oxygens (including phenoxy) is 1. The third-order valence-corrected chi connectivity index (χ3v) is 6.61. The maximum Gasteiger partial charge on any atom is 0.246 e. The van der Waals surface area contributed by atoms with Gasteiger partial charge in [-0.15, -0.1) is 0 Å². The van der Waals surface area contributed by atoms with E-state index < -0.39 is 6.04 Å². The van der Waals surface area contributed by atoms with Gasteiger partial charge in [-0.05, 0) is 54.8 Å². The smallest absolute Gasteiger partial charge is 0.246 e. The number of hydrogen-bond donors (Lipinski definition) is 2. The molecule has 3 aromatic carbocycles. The van der Waals surface area contributed by atoms with E-state index in [1.54, 1.807) is 7.11 Å². The number of hydrogen-bond acceptors (Lipinski definition) is 5. The first-order chi connectivity index (χ1) is 17.4. The molecule has 1 aliphatic heterocycles. The summed E-state index contributed by atoms with van der Waals surface area (Å²) in [5.41, 5.74) is 4.68. The summed E-state index contributed by atoms with van der Waals surface area (Å²) in [6, 6.07) is 22.8. The van der Waals surface area contributed by atoms with Gasteiger partial charge in [0.05, 0.1) is 13.7 Å². The molecule has 2 N–H and O–H groups in total. The molecule has 0 spiro atoms. The fraction of sp³-hybridized carbons (Fsp3) is 0.310. The quantitative estimate of drug-likeness (QED) is 0.498. The molecule has 7 nitrogen and oxygen atoms in total. The summed E-state index contributed by atoms with van der Waals surface area (Å²) < 4.78 is 5.21. The normalized spacial score (nSPS) is 15.2. The molecule has 4 rings (SSSR count). The van der Waals surface area contributed by atoms with Crippen molar-refractivity contribution in [2.75, 3.05) is 50.5 Å². The maximum absolute atomic E-state index is 13.4. The van der Waals surface area contributed by atoms with Crippen LogP contribution in [-0.2, 0) is 9.59 Å². The Hall–Kier alpha value is -3.68. The summed E-state index contributed by atoms with van der Waals surface area (Å²) >= 11 is 0. The Morgan fingerprint density at radius 2 is 1.47 bits per heavy atom. The second-order valence-corrected chi connectivity index (χ2v) is 9.16. The van der Waals surface area contributed by atoms with Crippen molar-refractivity contribution in [2.45, 2.75) is 19.9 Å². The number of anilines is 2. The number of nitrogens with one attached hydrogen (secondary N) is 2. The van der Waals surface area contributed by atoms with Gasteiger partial charge in [-0.1, -0.05) is 48.5 Å². The molecule has 1 fully saturated rings. The van der Waals surface area contributed by atoms with Gasteiger partial charge in [0, 0.05) is 37.6 Å². The predicted octanol–water partition coefficient (Wildman–Crippen LogP) is 4.25. The van der Waals surface area contributed by atoms with Crippen molar-refractivity contribution >= 4 is 23.2 Å². The molecular formula is C29H34N4O3. The number of nitrogens with zero attached hydrogens (tertiary/aromatic N) is 2. The lowest BCUT2D eigenvalue weighted by Crippen LogP contribution is -2.51. The van der Waals surface area contributed by atoms with Gasteiger partial charge in [0.2, 0.25) is 11.8 Å². The number of amides is 2. The lowest BCUT2D eigenvalue weighted by molar-refractivity contribution is -0.123. The second-order valence-electron chi connectivity index (χ2n) is 9.16. The molecule has 0 radical (unpaired) electrons. The van der Waals surface area contributed by atoms with E-state index in [0.29, 0.717) is 32.7 Å². The average molecular weight is 487 g/mol. The first kappa shape index (κ1) is 25.4. The summed E-state index contributed by atoms with van der Waals surface area (Å²) in [5.74, 6) is 0.649. The number of rotatable bonds is 8. The Labute approximate surface area is 213 Å². The van der Waals surface area contributed by atoms with Gasteiger partial charge in [0.25, 0.3) is 0 Å². The van der Waals surface area contributed by atoms with E-state index in [1.165, 1.54) is 0 Å². The van der Waals surface area contributed by atoms with Crippen LogP contribution in [0.5, 0.6) is 5.75 Å². The lowest BCUT2D eigenvalue weighted by atomic mass is 10.0. The Morgan fingerprint density at radius 1 is 0.833 bits per heavy atom. The van der Waals surface area contributed by atoms with Crippen molar-refractivity contribution in [1.29, 1.82) is 0 Å². The molecule has 2 amide bonds. The van der Waals surface area contributed by atoms with Gasteiger partial charge in [-0.2, -0.15) is 0 Å². The van der Waals surface area contributed by atoms with Crippen LogP contribution in [0.15, 0.2) is 72.8 Å². The second kappa shape index (κ2) is 11.8. The molecule has 3 aromatic rings. The fourth-order valence-corrected chi connectivity index (χ4v) is 4.62. The average Bonchev–Trinajstić information content (AvgIpc) is 2.89. The zero-order valence-electron chi connectivity index (χ0n) is 21.2. The van der Waals surface area contributed by atoms with Crippen molar-refractivity contribution in [3.05, 3.63) is 89.5 Å². The molecule has 1 aliphatic rings. The molecule has 1 heterocycles. The highest BCUT2D eigenvalue weighted by atomic mass is 16.5. The summed E-state index contributed by atoms with van der Waals surface area (Å²) in [6.07, 6.45) is 0. The Bertz CT molecular complexity index is 1150.